The van der Waals surface area contributed by atoms with Gasteiger partial charge in [-0.25, -0.2) is 4.79 Å². The van der Waals surface area contributed by atoms with Crippen molar-refractivity contribution in [1.29, 1.82) is 0 Å². The van der Waals surface area contributed by atoms with Gasteiger partial charge in [0.25, 0.3) is 5.91 Å². The Labute approximate surface area is 156 Å². The Bertz CT molecular complexity index is 834. The molecule has 136 valence electrons. The summed E-state index contributed by atoms with van der Waals surface area (Å²) in [7, 11) is 1.43. The van der Waals surface area contributed by atoms with E-state index >= 15 is 0 Å². The Morgan fingerprint density at radius 1 is 1.23 bits per heavy atom. The number of amides is 1. The number of methoxy groups -OCH3 is 1. The lowest BCUT2D eigenvalue weighted by Gasteiger charge is -2.12. The van der Waals surface area contributed by atoms with Crippen LogP contribution in [0.5, 0.6) is 11.5 Å². The second kappa shape index (κ2) is 8.92. The van der Waals surface area contributed by atoms with Gasteiger partial charge in [0.2, 0.25) is 0 Å². The third-order valence-electron chi connectivity index (χ3n) is 3.37. The molecule has 6 nitrogen and oxygen atoms in total. The van der Waals surface area contributed by atoms with Crippen molar-refractivity contribution in [3.8, 4) is 11.5 Å². The first-order chi connectivity index (χ1) is 12.4. The number of phenols is 1. The van der Waals surface area contributed by atoms with Crippen LogP contribution in [0.25, 0.3) is 6.08 Å². The van der Waals surface area contributed by atoms with Crippen molar-refractivity contribution in [3.05, 3.63) is 59.1 Å². The largest absolute Gasteiger partial charge is 0.504 e. The minimum Gasteiger partial charge on any atom is -0.504 e. The molecule has 0 fully saturated rings. The highest BCUT2D eigenvalue weighted by atomic mass is 35.5. The molecule has 26 heavy (non-hydrogen) atoms. The maximum absolute atomic E-state index is 12.1. The van der Waals surface area contributed by atoms with E-state index in [9.17, 15) is 14.7 Å². The molecule has 2 aromatic carbocycles. The summed E-state index contributed by atoms with van der Waals surface area (Å²) >= 11 is 5.85. The predicted molar refractivity (Wildman–Crippen MR) is 99.3 cm³/mol. The number of hydrogen-bond donors (Lipinski definition) is 2. The smallest absolute Gasteiger partial charge is 0.331 e. The second-order valence-electron chi connectivity index (χ2n) is 5.34. The van der Waals surface area contributed by atoms with Crippen molar-refractivity contribution in [2.24, 2.45) is 0 Å². The predicted octanol–water partition coefficient (Wildman–Crippen LogP) is 3.64. The van der Waals surface area contributed by atoms with E-state index in [0.717, 1.165) is 0 Å². The zero-order chi connectivity index (χ0) is 19.1. The highest BCUT2D eigenvalue weighted by Gasteiger charge is 2.16. The molecule has 0 aliphatic carbocycles. The van der Waals surface area contributed by atoms with Crippen LogP contribution >= 0.6 is 11.6 Å². The number of carbonyl (C=O) groups is 2. The number of phenolic OH excluding ortho intramolecular Hbond substituents is 1. The Morgan fingerprint density at radius 2 is 2.00 bits per heavy atom. The van der Waals surface area contributed by atoms with Crippen molar-refractivity contribution in [2.45, 2.75) is 13.0 Å². The normalized spacial score (nSPS) is 11.8. The summed E-state index contributed by atoms with van der Waals surface area (Å²) in [5.41, 5.74) is 1.14. The molecule has 0 spiro atoms. The van der Waals surface area contributed by atoms with Crippen LogP contribution in [0.1, 0.15) is 12.5 Å². The van der Waals surface area contributed by atoms with Gasteiger partial charge in [-0.05, 0) is 48.9 Å². The zero-order valence-corrected chi connectivity index (χ0v) is 15.0. The molecular formula is C19H18ClNO5. The van der Waals surface area contributed by atoms with Gasteiger partial charge in [0, 0.05) is 16.8 Å². The van der Waals surface area contributed by atoms with Crippen LogP contribution in [-0.2, 0) is 14.3 Å². The molecule has 0 heterocycles. The third-order valence-corrected chi connectivity index (χ3v) is 3.61. The fraction of sp³-hybridized carbons (Fsp3) is 0.158. The fourth-order valence-corrected chi connectivity index (χ4v) is 2.23. The molecule has 2 aromatic rings. The number of anilines is 1. The van der Waals surface area contributed by atoms with Crippen molar-refractivity contribution in [1.82, 2.24) is 0 Å². The number of esters is 1. The molecule has 2 N–H and O–H groups in total. The molecule has 0 aliphatic rings. The lowest BCUT2D eigenvalue weighted by molar-refractivity contribution is -0.148. The van der Waals surface area contributed by atoms with Gasteiger partial charge in [0.15, 0.2) is 17.6 Å². The summed E-state index contributed by atoms with van der Waals surface area (Å²) in [5, 5.41) is 12.6. The zero-order valence-electron chi connectivity index (χ0n) is 14.2. The van der Waals surface area contributed by atoms with E-state index < -0.39 is 18.0 Å². The van der Waals surface area contributed by atoms with E-state index in [1.807, 2.05) is 0 Å². The van der Waals surface area contributed by atoms with E-state index in [1.54, 1.807) is 36.4 Å². The Balaban J connectivity index is 1.92. The maximum Gasteiger partial charge on any atom is 0.331 e. The molecule has 0 saturated heterocycles. The molecule has 2 rings (SSSR count). The van der Waals surface area contributed by atoms with Gasteiger partial charge in [-0.1, -0.05) is 23.7 Å². The molecular weight excluding hydrogens is 358 g/mol. The monoisotopic (exact) mass is 375 g/mol. The standard InChI is InChI=1S/C19H18ClNO5/c1-12(19(24)21-15-5-3-4-14(20)11-15)26-18(23)9-7-13-6-8-16(22)17(10-13)25-2/h3-12,22H,1-2H3,(H,21,24)/b9-7+. The molecule has 0 saturated carbocycles. The molecule has 1 atom stereocenters. The van der Waals surface area contributed by atoms with Crippen LogP contribution in [0, 0.1) is 0 Å². The maximum atomic E-state index is 12.1. The van der Waals surface area contributed by atoms with Crippen LogP contribution in [0.3, 0.4) is 0 Å². The molecule has 7 heteroatoms. The van der Waals surface area contributed by atoms with E-state index in [1.165, 1.54) is 32.3 Å². The van der Waals surface area contributed by atoms with E-state index in [-0.39, 0.29) is 11.5 Å². The summed E-state index contributed by atoms with van der Waals surface area (Å²) in [6.07, 6.45) is 1.70. The summed E-state index contributed by atoms with van der Waals surface area (Å²) < 4.78 is 10.1. The Hall–Kier alpha value is -2.99. The highest BCUT2D eigenvalue weighted by Crippen LogP contribution is 2.26. The number of carbonyl (C=O) groups excluding carboxylic acids is 2. The van der Waals surface area contributed by atoms with E-state index in [0.29, 0.717) is 16.3 Å². The van der Waals surface area contributed by atoms with Gasteiger partial charge >= 0.3 is 5.97 Å². The minimum atomic E-state index is -0.986. The molecule has 0 aliphatic heterocycles. The molecule has 0 radical (unpaired) electrons. The summed E-state index contributed by atoms with van der Waals surface area (Å²) in [4.78, 5) is 23.9. The first kappa shape index (κ1) is 19.3. The number of rotatable bonds is 6. The first-order valence-electron chi connectivity index (χ1n) is 7.71. The van der Waals surface area contributed by atoms with Crippen molar-refractivity contribution < 1.29 is 24.2 Å². The lowest BCUT2D eigenvalue weighted by Crippen LogP contribution is -2.29. The van der Waals surface area contributed by atoms with Crippen molar-refractivity contribution in [2.75, 3.05) is 12.4 Å². The summed E-state index contributed by atoms with van der Waals surface area (Å²) in [6.45, 7) is 1.47. The minimum absolute atomic E-state index is 0.00136. The number of ether oxygens (including phenoxy) is 2. The number of halogens is 1. The van der Waals surface area contributed by atoms with Gasteiger partial charge in [0.05, 0.1) is 7.11 Å². The average molecular weight is 376 g/mol. The summed E-state index contributed by atoms with van der Waals surface area (Å²) in [5.74, 6) is -0.862. The van der Waals surface area contributed by atoms with Crippen LogP contribution in [-0.4, -0.2) is 30.2 Å². The fourth-order valence-electron chi connectivity index (χ4n) is 2.04. The van der Waals surface area contributed by atoms with Crippen LogP contribution < -0.4 is 10.1 Å². The molecule has 0 aromatic heterocycles. The van der Waals surface area contributed by atoms with Crippen LogP contribution in [0.4, 0.5) is 5.69 Å². The molecule has 1 amide bonds. The number of benzene rings is 2. The van der Waals surface area contributed by atoms with Gasteiger partial charge in [0.1, 0.15) is 0 Å². The Morgan fingerprint density at radius 3 is 2.69 bits per heavy atom. The first-order valence-corrected chi connectivity index (χ1v) is 8.09. The van der Waals surface area contributed by atoms with Gasteiger partial charge < -0.3 is 19.9 Å². The van der Waals surface area contributed by atoms with Gasteiger partial charge in [-0.3, -0.25) is 4.79 Å². The molecule has 0 bridgehead atoms. The number of nitrogens with one attached hydrogen (secondary N) is 1. The second-order valence-corrected chi connectivity index (χ2v) is 5.78. The van der Waals surface area contributed by atoms with E-state index in [2.05, 4.69) is 5.32 Å². The quantitative estimate of drug-likeness (QED) is 0.594. The topological polar surface area (TPSA) is 84.9 Å². The van der Waals surface area contributed by atoms with Crippen LogP contribution in [0.15, 0.2) is 48.5 Å². The lowest BCUT2D eigenvalue weighted by atomic mass is 10.2. The SMILES string of the molecule is COc1cc(/C=C/C(=O)OC(C)C(=O)Nc2cccc(Cl)c2)ccc1O. The van der Waals surface area contributed by atoms with Gasteiger partial charge in [-0.2, -0.15) is 0 Å². The van der Waals surface area contributed by atoms with Crippen molar-refractivity contribution >= 4 is 35.2 Å². The number of aromatic hydroxyl groups is 1. The number of hydrogen-bond acceptors (Lipinski definition) is 5. The summed E-state index contributed by atoms with van der Waals surface area (Å²) in [6, 6.07) is 11.3. The molecule has 1 unspecified atom stereocenters. The van der Waals surface area contributed by atoms with E-state index in [4.69, 9.17) is 21.1 Å². The third kappa shape index (κ3) is 5.53. The van der Waals surface area contributed by atoms with Gasteiger partial charge in [-0.15, -0.1) is 0 Å². The van der Waals surface area contributed by atoms with Crippen LogP contribution in [0.2, 0.25) is 5.02 Å². The Kier molecular flexibility index (Phi) is 6.63. The highest BCUT2D eigenvalue weighted by molar-refractivity contribution is 6.30. The van der Waals surface area contributed by atoms with Crippen molar-refractivity contribution in [3.63, 3.8) is 0 Å². The average Bonchev–Trinajstić information content (AvgIpc) is 2.61.